The standard InChI is InChI=1S/C22H21ClF2N4O5/c1-2-34-22(33)11-7-29(14-4-13(26)12(24)3-9(14)8-30)19-15(21(11)32)18(27)17(25)20(16(19)23)28-5-10(31)6-28/h3-4,7,10,30-31H,2,5-6,8,26-27H2,1H3. The lowest BCUT2D eigenvalue weighted by atomic mass is 10.0. The molecule has 1 fully saturated rings. The summed E-state index contributed by atoms with van der Waals surface area (Å²) in [5.41, 5.74) is 9.43. The Labute approximate surface area is 196 Å². The van der Waals surface area contributed by atoms with Crippen molar-refractivity contribution in [1.29, 1.82) is 0 Å². The number of aliphatic hydroxyl groups is 2. The zero-order valence-corrected chi connectivity index (χ0v) is 18.7. The average Bonchev–Trinajstić information content (AvgIpc) is 2.77. The van der Waals surface area contributed by atoms with Gasteiger partial charge in [-0.1, -0.05) is 11.6 Å². The second-order valence-electron chi connectivity index (χ2n) is 7.80. The normalized spacial score (nSPS) is 13.9. The quantitative estimate of drug-likeness (QED) is 0.311. The zero-order valence-electron chi connectivity index (χ0n) is 17.9. The molecule has 34 heavy (non-hydrogen) atoms. The molecule has 2 heterocycles. The second-order valence-corrected chi connectivity index (χ2v) is 8.17. The van der Waals surface area contributed by atoms with E-state index in [1.165, 1.54) is 15.5 Å². The highest BCUT2D eigenvalue weighted by atomic mass is 35.5. The van der Waals surface area contributed by atoms with Crippen LogP contribution in [0.2, 0.25) is 5.02 Å². The van der Waals surface area contributed by atoms with E-state index in [1.807, 2.05) is 0 Å². The Bertz CT molecular complexity index is 1390. The monoisotopic (exact) mass is 494 g/mol. The van der Waals surface area contributed by atoms with Gasteiger partial charge in [-0.3, -0.25) is 4.79 Å². The van der Waals surface area contributed by atoms with Crippen LogP contribution in [0.25, 0.3) is 16.6 Å². The molecular formula is C22H21ClF2N4O5. The molecule has 1 aliphatic heterocycles. The van der Waals surface area contributed by atoms with Gasteiger partial charge in [-0.25, -0.2) is 13.6 Å². The summed E-state index contributed by atoms with van der Waals surface area (Å²) in [7, 11) is 0. The summed E-state index contributed by atoms with van der Waals surface area (Å²) in [6, 6.07) is 2.18. The van der Waals surface area contributed by atoms with Gasteiger partial charge in [0.15, 0.2) is 5.82 Å². The van der Waals surface area contributed by atoms with Crippen molar-refractivity contribution in [3.05, 3.63) is 56.3 Å². The number of ether oxygens (including phenoxy) is 1. The summed E-state index contributed by atoms with van der Waals surface area (Å²) >= 11 is 6.60. The highest BCUT2D eigenvalue weighted by Crippen LogP contribution is 2.42. The first-order chi connectivity index (χ1) is 16.1. The summed E-state index contributed by atoms with van der Waals surface area (Å²) in [6.07, 6.45) is 0.408. The molecule has 1 aliphatic rings. The molecule has 0 saturated carbocycles. The summed E-state index contributed by atoms with van der Waals surface area (Å²) in [6.45, 7) is 1.04. The maximum absolute atomic E-state index is 15.3. The van der Waals surface area contributed by atoms with Crippen LogP contribution in [0, 0.1) is 11.6 Å². The van der Waals surface area contributed by atoms with Crippen LogP contribution in [0.15, 0.2) is 23.1 Å². The highest BCUT2D eigenvalue weighted by Gasteiger charge is 2.33. The Morgan fingerprint density at radius 2 is 1.97 bits per heavy atom. The lowest BCUT2D eigenvalue weighted by Gasteiger charge is -2.39. The number of carbonyl (C=O) groups excluding carboxylic acids is 1. The van der Waals surface area contributed by atoms with E-state index in [0.29, 0.717) is 0 Å². The average molecular weight is 495 g/mol. The van der Waals surface area contributed by atoms with E-state index < -0.39 is 52.4 Å². The highest BCUT2D eigenvalue weighted by molar-refractivity contribution is 6.38. The number of aliphatic hydroxyl groups excluding tert-OH is 2. The Kier molecular flexibility index (Phi) is 6.11. The molecule has 0 atom stereocenters. The first-order valence-electron chi connectivity index (χ1n) is 10.3. The smallest absolute Gasteiger partial charge is 0.343 e. The topological polar surface area (TPSA) is 144 Å². The molecule has 180 valence electrons. The number of anilines is 3. The van der Waals surface area contributed by atoms with Crippen LogP contribution in [-0.4, -0.2) is 46.5 Å². The Balaban J connectivity index is 2.18. The van der Waals surface area contributed by atoms with Crippen molar-refractivity contribution < 1.29 is 28.5 Å². The molecule has 6 N–H and O–H groups in total. The third-order valence-electron chi connectivity index (χ3n) is 5.64. The molecule has 0 radical (unpaired) electrons. The molecule has 1 aromatic heterocycles. The number of β-amino-alcohol motifs (C(OH)–C–C–N with tert-alkyl or cyclic N) is 1. The van der Waals surface area contributed by atoms with E-state index in [-0.39, 0.29) is 52.9 Å². The number of hydrogen-bond donors (Lipinski definition) is 4. The first-order valence-corrected chi connectivity index (χ1v) is 10.6. The SMILES string of the molecule is CCOC(=O)c1cn(-c2cc(N)c(F)cc2CO)c2c(Cl)c(N3CC(O)C3)c(F)c(N)c2c1=O. The Morgan fingerprint density at radius 1 is 1.29 bits per heavy atom. The number of halogens is 3. The van der Waals surface area contributed by atoms with E-state index in [1.54, 1.807) is 6.92 Å². The van der Waals surface area contributed by atoms with Gasteiger partial charge in [0.2, 0.25) is 5.43 Å². The maximum Gasteiger partial charge on any atom is 0.343 e. The number of fused-ring (bicyclic) bond motifs is 1. The number of carbonyl (C=O) groups is 1. The van der Waals surface area contributed by atoms with Gasteiger partial charge in [-0.15, -0.1) is 0 Å². The molecular weight excluding hydrogens is 474 g/mol. The van der Waals surface area contributed by atoms with Gasteiger partial charge in [0.1, 0.15) is 11.4 Å². The van der Waals surface area contributed by atoms with Crippen LogP contribution in [0.1, 0.15) is 22.8 Å². The number of benzene rings is 2. The number of nitrogens with two attached hydrogens (primary N) is 2. The van der Waals surface area contributed by atoms with Crippen LogP contribution in [-0.2, 0) is 11.3 Å². The minimum absolute atomic E-state index is 0.0392. The number of pyridine rings is 1. The largest absolute Gasteiger partial charge is 0.462 e. The lowest BCUT2D eigenvalue weighted by molar-refractivity contribution is 0.0524. The number of rotatable bonds is 5. The third kappa shape index (κ3) is 3.61. The van der Waals surface area contributed by atoms with Crippen molar-refractivity contribution in [3.8, 4) is 5.69 Å². The summed E-state index contributed by atoms with van der Waals surface area (Å²) in [5, 5.41) is 18.9. The Hall–Kier alpha value is -3.41. The van der Waals surface area contributed by atoms with Crippen molar-refractivity contribution in [2.45, 2.75) is 19.6 Å². The molecule has 0 amide bonds. The number of nitrogens with zero attached hydrogens (tertiary/aromatic N) is 2. The minimum Gasteiger partial charge on any atom is -0.462 e. The molecule has 9 nitrogen and oxygen atoms in total. The Morgan fingerprint density at radius 3 is 2.56 bits per heavy atom. The zero-order chi connectivity index (χ0) is 24.9. The van der Waals surface area contributed by atoms with E-state index in [2.05, 4.69) is 0 Å². The number of hydrogen-bond acceptors (Lipinski definition) is 8. The molecule has 12 heteroatoms. The summed E-state index contributed by atoms with van der Waals surface area (Å²) in [5.74, 6) is -2.78. The molecule has 4 rings (SSSR count). The van der Waals surface area contributed by atoms with Crippen molar-refractivity contribution in [1.82, 2.24) is 4.57 Å². The van der Waals surface area contributed by atoms with Crippen LogP contribution >= 0.6 is 11.6 Å². The van der Waals surface area contributed by atoms with E-state index in [4.69, 9.17) is 27.8 Å². The predicted molar refractivity (Wildman–Crippen MR) is 123 cm³/mol. The van der Waals surface area contributed by atoms with Crippen molar-refractivity contribution >= 4 is 45.5 Å². The fraction of sp³-hybridized carbons (Fsp3) is 0.273. The molecule has 0 spiro atoms. The van der Waals surface area contributed by atoms with E-state index >= 15 is 4.39 Å². The summed E-state index contributed by atoms with van der Waals surface area (Å²) < 4.78 is 35.6. The van der Waals surface area contributed by atoms with E-state index in [0.717, 1.165) is 12.3 Å². The van der Waals surface area contributed by atoms with Gasteiger partial charge >= 0.3 is 5.97 Å². The van der Waals surface area contributed by atoms with Crippen LogP contribution in [0.3, 0.4) is 0 Å². The minimum atomic E-state index is -0.991. The third-order valence-corrected chi connectivity index (χ3v) is 6.00. The van der Waals surface area contributed by atoms with Crippen LogP contribution in [0.5, 0.6) is 0 Å². The first kappa shape index (κ1) is 23.7. The molecule has 1 saturated heterocycles. The molecule has 0 bridgehead atoms. The molecule has 0 unspecified atom stereocenters. The molecule has 3 aromatic rings. The fourth-order valence-electron chi connectivity index (χ4n) is 3.96. The maximum atomic E-state index is 15.3. The van der Waals surface area contributed by atoms with Gasteiger partial charge in [0, 0.05) is 24.8 Å². The van der Waals surface area contributed by atoms with Gasteiger partial charge in [-0.05, 0) is 19.1 Å². The number of nitrogen functional groups attached to an aromatic ring is 2. The van der Waals surface area contributed by atoms with Crippen LogP contribution < -0.4 is 21.8 Å². The van der Waals surface area contributed by atoms with Crippen molar-refractivity contribution in [3.63, 3.8) is 0 Å². The van der Waals surface area contributed by atoms with E-state index in [9.17, 15) is 24.2 Å². The number of aromatic nitrogens is 1. The number of esters is 1. The second kappa shape index (κ2) is 8.75. The van der Waals surface area contributed by atoms with Gasteiger partial charge in [0.25, 0.3) is 0 Å². The van der Waals surface area contributed by atoms with Gasteiger partial charge in [0.05, 0.1) is 58.0 Å². The molecule has 0 aliphatic carbocycles. The van der Waals surface area contributed by atoms with Gasteiger partial charge < -0.3 is 35.9 Å². The molecule has 2 aromatic carbocycles. The van der Waals surface area contributed by atoms with Crippen LogP contribution in [0.4, 0.5) is 25.8 Å². The van der Waals surface area contributed by atoms with Gasteiger partial charge in [-0.2, -0.15) is 0 Å². The summed E-state index contributed by atoms with van der Waals surface area (Å²) in [4.78, 5) is 27.2. The van der Waals surface area contributed by atoms with Crippen molar-refractivity contribution in [2.75, 3.05) is 36.1 Å². The van der Waals surface area contributed by atoms with Crippen molar-refractivity contribution in [2.24, 2.45) is 0 Å². The predicted octanol–water partition coefficient (Wildman–Crippen LogP) is 1.94. The lowest BCUT2D eigenvalue weighted by Crippen LogP contribution is -2.51. The fourth-order valence-corrected chi connectivity index (χ4v) is 4.34.